The molecule has 0 aliphatic carbocycles. The van der Waals surface area contributed by atoms with E-state index < -0.39 is 20.0 Å². The molecule has 0 heterocycles. The number of carbonyl (C=O) groups is 1. The number of phosphoric acid groups is 1. The quantitative estimate of drug-likeness (QED) is 0.328. The lowest BCUT2D eigenvalue weighted by molar-refractivity contribution is -0.151. The standard InChI is InChI=1S/C9H19O7PS/c1-7(6-15-17(11,12)13)14-5-8(2)16-9(10)3-4-18/h7-8,18H,3-6H2,1-2H3,(H2,11,12,13). The first kappa shape index (κ1) is 17.9. The molecule has 0 radical (unpaired) electrons. The fraction of sp³-hybridized carbons (Fsp3) is 0.889. The van der Waals surface area contributed by atoms with Crippen molar-refractivity contribution >= 4 is 26.4 Å². The predicted molar refractivity (Wildman–Crippen MR) is 67.4 cm³/mol. The van der Waals surface area contributed by atoms with Crippen molar-refractivity contribution in [2.75, 3.05) is 19.0 Å². The van der Waals surface area contributed by atoms with E-state index >= 15 is 0 Å². The van der Waals surface area contributed by atoms with Crippen molar-refractivity contribution in [2.24, 2.45) is 0 Å². The lowest BCUT2D eigenvalue weighted by atomic mass is 10.4. The molecule has 2 atom stereocenters. The molecule has 2 unspecified atom stereocenters. The van der Waals surface area contributed by atoms with E-state index in [1.54, 1.807) is 13.8 Å². The molecule has 108 valence electrons. The third kappa shape index (κ3) is 11.0. The molecule has 0 saturated heterocycles. The van der Waals surface area contributed by atoms with E-state index in [0.717, 1.165) is 0 Å². The Morgan fingerprint density at radius 1 is 1.28 bits per heavy atom. The van der Waals surface area contributed by atoms with Gasteiger partial charge < -0.3 is 19.3 Å². The summed E-state index contributed by atoms with van der Waals surface area (Å²) in [6, 6.07) is 0. The minimum atomic E-state index is -4.47. The summed E-state index contributed by atoms with van der Waals surface area (Å²) in [5.74, 6) is 0.0547. The van der Waals surface area contributed by atoms with Crippen LogP contribution in [0.25, 0.3) is 0 Å². The van der Waals surface area contributed by atoms with Crippen molar-refractivity contribution < 1.29 is 33.1 Å². The van der Waals surface area contributed by atoms with E-state index in [1.165, 1.54) is 0 Å². The summed E-state index contributed by atoms with van der Waals surface area (Å²) < 4.78 is 24.9. The van der Waals surface area contributed by atoms with Gasteiger partial charge in [0.2, 0.25) is 0 Å². The summed E-state index contributed by atoms with van der Waals surface area (Å²) in [7, 11) is -4.47. The minimum Gasteiger partial charge on any atom is -0.460 e. The maximum Gasteiger partial charge on any atom is 0.469 e. The zero-order valence-electron chi connectivity index (χ0n) is 10.3. The number of ether oxygens (including phenoxy) is 2. The SMILES string of the molecule is CC(COP(=O)(O)O)OCC(C)OC(=O)CCS. The third-order valence-corrected chi connectivity index (χ3v) is 2.45. The predicted octanol–water partition coefficient (Wildman–Crippen LogP) is 0.752. The van der Waals surface area contributed by atoms with Gasteiger partial charge in [-0.05, 0) is 13.8 Å². The Morgan fingerprint density at radius 3 is 2.39 bits per heavy atom. The van der Waals surface area contributed by atoms with Gasteiger partial charge in [0.25, 0.3) is 0 Å². The molecule has 0 bridgehead atoms. The van der Waals surface area contributed by atoms with Crippen LogP contribution in [0.4, 0.5) is 0 Å². The lowest BCUT2D eigenvalue weighted by Crippen LogP contribution is -2.25. The highest BCUT2D eigenvalue weighted by molar-refractivity contribution is 7.80. The highest BCUT2D eigenvalue weighted by atomic mass is 32.1. The normalized spacial score (nSPS) is 15.2. The second-order valence-electron chi connectivity index (χ2n) is 3.70. The van der Waals surface area contributed by atoms with Crippen LogP contribution in [0.3, 0.4) is 0 Å². The maximum atomic E-state index is 11.1. The summed E-state index contributed by atoms with van der Waals surface area (Å²) >= 11 is 3.90. The molecule has 0 aromatic rings. The topological polar surface area (TPSA) is 102 Å². The second-order valence-corrected chi connectivity index (χ2v) is 5.39. The first-order valence-electron chi connectivity index (χ1n) is 5.36. The number of phosphoric ester groups is 1. The molecule has 0 rings (SSSR count). The van der Waals surface area contributed by atoms with Crippen LogP contribution in [0.1, 0.15) is 20.3 Å². The van der Waals surface area contributed by atoms with Gasteiger partial charge in [-0.15, -0.1) is 0 Å². The van der Waals surface area contributed by atoms with Gasteiger partial charge in [-0.2, -0.15) is 12.6 Å². The summed E-state index contributed by atoms with van der Waals surface area (Å²) in [6.07, 6.45) is -0.719. The number of hydrogen-bond acceptors (Lipinski definition) is 6. The molecule has 0 spiro atoms. The van der Waals surface area contributed by atoms with Crippen molar-refractivity contribution in [3.8, 4) is 0 Å². The van der Waals surface area contributed by atoms with Gasteiger partial charge in [0.15, 0.2) is 0 Å². The third-order valence-electron chi connectivity index (χ3n) is 1.74. The summed E-state index contributed by atoms with van der Waals surface area (Å²) in [6.45, 7) is 3.15. The Hall–Kier alpha value is -0.110. The van der Waals surface area contributed by atoms with Crippen LogP contribution in [0.15, 0.2) is 0 Å². The van der Waals surface area contributed by atoms with Gasteiger partial charge in [-0.25, -0.2) is 4.57 Å². The van der Waals surface area contributed by atoms with E-state index in [-0.39, 0.29) is 25.6 Å². The molecule has 0 aromatic heterocycles. The molecule has 7 nitrogen and oxygen atoms in total. The highest BCUT2D eigenvalue weighted by Gasteiger charge is 2.17. The van der Waals surface area contributed by atoms with Crippen LogP contribution in [0.5, 0.6) is 0 Å². The minimum absolute atomic E-state index is 0.129. The molecule has 0 amide bonds. The van der Waals surface area contributed by atoms with Crippen LogP contribution in [-0.4, -0.2) is 46.9 Å². The summed E-state index contributed by atoms with van der Waals surface area (Å²) in [4.78, 5) is 28.1. The number of rotatable bonds is 9. The van der Waals surface area contributed by atoms with Gasteiger partial charge >= 0.3 is 13.8 Å². The number of thiol groups is 1. The van der Waals surface area contributed by atoms with E-state index in [9.17, 15) is 9.36 Å². The lowest BCUT2D eigenvalue weighted by Gasteiger charge is -2.17. The Labute approximate surface area is 111 Å². The monoisotopic (exact) mass is 302 g/mol. The molecule has 0 aliphatic heterocycles. The van der Waals surface area contributed by atoms with Crippen molar-refractivity contribution in [3.63, 3.8) is 0 Å². The number of esters is 1. The molecule has 0 fully saturated rings. The van der Waals surface area contributed by atoms with Crippen LogP contribution in [-0.2, 0) is 23.4 Å². The van der Waals surface area contributed by atoms with Crippen molar-refractivity contribution in [1.29, 1.82) is 0 Å². The zero-order valence-corrected chi connectivity index (χ0v) is 12.1. The van der Waals surface area contributed by atoms with Gasteiger partial charge in [0.1, 0.15) is 6.10 Å². The van der Waals surface area contributed by atoms with Gasteiger partial charge in [-0.3, -0.25) is 9.32 Å². The molecule has 9 heteroatoms. The van der Waals surface area contributed by atoms with Crippen molar-refractivity contribution in [3.05, 3.63) is 0 Å². The fourth-order valence-corrected chi connectivity index (χ4v) is 1.55. The van der Waals surface area contributed by atoms with E-state index in [1.807, 2.05) is 0 Å². The van der Waals surface area contributed by atoms with E-state index in [2.05, 4.69) is 17.2 Å². The maximum absolute atomic E-state index is 11.1. The molecular formula is C9H19O7PS. The average Bonchev–Trinajstić information content (AvgIpc) is 2.22. The molecule has 2 N–H and O–H groups in total. The second kappa shape index (κ2) is 8.90. The Bertz CT molecular complexity index is 293. The van der Waals surface area contributed by atoms with Crippen LogP contribution in [0.2, 0.25) is 0 Å². The summed E-state index contributed by atoms with van der Waals surface area (Å²) in [5.41, 5.74) is 0. The Kier molecular flexibility index (Phi) is 8.85. The Morgan fingerprint density at radius 2 is 1.89 bits per heavy atom. The van der Waals surface area contributed by atoms with Gasteiger partial charge in [-0.1, -0.05) is 0 Å². The van der Waals surface area contributed by atoms with Crippen LogP contribution < -0.4 is 0 Å². The number of carbonyl (C=O) groups excluding carboxylic acids is 1. The Balaban J connectivity index is 3.74. The molecule has 18 heavy (non-hydrogen) atoms. The van der Waals surface area contributed by atoms with Crippen LogP contribution >= 0.6 is 20.5 Å². The largest absolute Gasteiger partial charge is 0.469 e. The first-order chi connectivity index (χ1) is 8.24. The smallest absolute Gasteiger partial charge is 0.460 e. The highest BCUT2D eigenvalue weighted by Crippen LogP contribution is 2.35. The van der Waals surface area contributed by atoms with Crippen molar-refractivity contribution in [2.45, 2.75) is 32.5 Å². The molecule has 0 saturated carbocycles. The van der Waals surface area contributed by atoms with Crippen molar-refractivity contribution in [1.82, 2.24) is 0 Å². The zero-order chi connectivity index (χ0) is 14.2. The van der Waals surface area contributed by atoms with Gasteiger partial charge in [0, 0.05) is 5.75 Å². The van der Waals surface area contributed by atoms with Gasteiger partial charge in [0.05, 0.1) is 25.7 Å². The molecular weight excluding hydrogens is 283 g/mol. The fourth-order valence-electron chi connectivity index (χ4n) is 0.959. The average molecular weight is 302 g/mol. The molecule has 0 aromatic carbocycles. The van der Waals surface area contributed by atoms with E-state index in [4.69, 9.17) is 19.3 Å². The first-order valence-corrected chi connectivity index (χ1v) is 7.53. The van der Waals surface area contributed by atoms with E-state index in [0.29, 0.717) is 5.75 Å². The molecule has 0 aliphatic rings. The number of hydrogen-bond donors (Lipinski definition) is 3. The summed E-state index contributed by atoms with van der Waals surface area (Å²) in [5, 5.41) is 0. The van der Waals surface area contributed by atoms with Crippen LogP contribution in [0, 0.1) is 0 Å².